The number of carbonyl (C=O) groups excluding carboxylic acids is 2. The Hall–Kier alpha value is -1.30. The second kappa shape index (κ2) is 4.12. The van der Waals surface area contributed by atoms with Crippen LogP contribution < -0.4 is 0 Å². The normalized spacial score (nSPS) is 18.5. The maximum atomic E-state index is 11.7. The Morgan fingerprint density at radius 3 is 2.39 bits per heavy atom. The minimum Gasteiger partial charge on any atom is -0.370 e. The molecule has 2 aromatic heterocycles. The SMILES string of the molecule is O=C1CCC(=O)C1(O)c1ccc(-c2cccs2)s1. The van der Waals surface area contributed by atoms with Crippen molar-refractivity contribution in [2.24, 2.45) is 0 Å². The predicted molar refractivity (Wildman–Crippen MR) is 70.8 cm³/mol. The Morgan fingerprint density at radius 2 is 1.78 bits per heavy atom. The number of hydrogen-bond donors (Lipinski definition) is 1. The highest BCUT2D eigenvalue weighted by molar-refractivity contribution is 7.21. The van der Waals surface area contributed by atoms with Crippen LogP contribution in [0.4, 0.5) is 0 Å². The van der Waals surface area contributed by atoms with E-state index < -0.39 is 5.60 Å². The Morgan fingerprint density at radius 1 is 1.06 bits per heavy atom. The number of ketones is 2. The molecule has 0 saturated heterocycles. The highest BCUT2D eigenvalue weighted by Crippen LogP contribution is 2.40. The first-order valence-corrected chi connectivity index (χ1v) is 7.25. The van der Waals surface area contributed by atoms with Gasteiger partial charge in [-0.3, -0.25) is 9.59 Å². The van der Waals surface area contributed by atoms with Crippen LogP contribution in [0.25, 0.3) is 9.75 Å². The van der Waals surface area contributed by atoms with E-state index in [-0.39, 0.29) is 24.4 Å². The van der Waals surface area contributed by atoms with Crippen molar-refractivity contribution in [2.45, 2.75) is 18.4 Å². The molecule has 0 spiro atoms. The third kappa shape index (κ3) is 1.59. The third-order valence-corrected chi connectivity index (χ3v) is 5.37. The van der Waals surface area contributed by atoms with E-state index in [4.69, 9.17) is 0 Å². The van der Waals surface area contributed by atoms with Crippen molar-refractivity contribution in [3.8, 4) is 9.75 Å². The summed E-state index contributed by atoms with van der Waals surface area (Å²) in [4.78, 5) is 26.0. The molecule has 0 amide bonds. The highest BCUT2D eigenvalue weighted by atomic mass is 32.1. The number of hydrogen-bond acceptors (Lipinski definition) is 5. The fourth-order valence-electron chi connectivity index (χ4n) is 2.10. The van der Waals surface area contributed by atoms with Crippen LogP contribution in [-0.4, -0.2) is 16.7 Å². The molecule has 0 radical (unpaired) electrons. The zero-order chi connectivity index (χ0) is 12.8. The van der Waals surface area contributed by atoms with Crippen molar-refractivity contribution in [2.75, 3.05) is 0 Å². The maximum absolute atomic E-state index is 11.7. The molecule has 1 saturated carbocycles. The Labute approximate surface area is 112 Å². The van der Waals surface area contributed by atoms with Crippen LogP contribution in [0, 0.1) is 0 Å². The molecule has 3 nitrogen and oxygen atoms in total. The summed E-state index contributed by atoms with van der Waals surface area (Å²) in [5.74, 6) is -0.765. The number of thiophene rings is 2. The molecule has 18 heavy (non-hydrogen) atoms. The van der Waals surface area contributed by atoms with Gasteiger partial charge in [-0.15, -0.1) is 22.7 Å². The fraction of sp³-hybridized carbons (Fsp3) is 0.231. The van der Waals surface area contributed by atoms with E-state index in [2.05, 4.69) is 0 Å². The first kappa shape index (κ1) is 11.8. The smallest absolute Gasteiger partial charge is 0.216 e. The second-order valence-electron chi connectivity index (χ2n) is 4.20. The highest BCUT2D eigenvalue weighted by Gasteiger charge is 2.50. The van der Waals surface area contributed by atoms with Gasteiger partial charge >= 0.3 is 0 Å². The standard InChI is InChI=1S/C13H10O3S2/c14-10-4-5-11(15)13(10,16)12-6-3-9(18-12)8-2-1-7-17-8/h1-3,6-7,16H,4-5H2. The molecule has 1 aliphatic carbocycles. The molecule has 3 rings (SSSR count). The summed E-state index contributed by atoms with van der Waals surface area (Å²) in [6.45, 7) is 0. The Balaban J connectivity index is 2.04. The lowest BCUT2D eigenvalue weighted by Crippen LogP contribution is -2.36. The van der Waals surface area contributed by atoms with Crippen LogP contribution in [0.5, 0.6) is 0 Å². The zero-order valence-corrected chi connectivity index (χ0v) is 11.0. The van der Waals surface area contributed by atoms with E-state index in [1.807, 2.05) is 23.6 Å². The second-order valence-corrected chi connectivity index (χ2v) is 6.23. The van der Waals surface area contributed by atoms with Gasteiger partial charge in [-0.25, -0.2) is 0 Å². The van der Waals surface area contributed by atoms with Gasteiger partial charge in [-0.05, 0) is 23.6 Å². The van der Waals surface area contributed by atoms with Crippen molar-refractivity contribution in [1.82, 2.24) is 0 Å². The topological polar surface area (TPSA) is 54.4 Å². The summed E-state index contributed by atoms with van der Waals surface area (Å²) in [5.41, 5.74) is -1.89. The Bertz CT molecular complexity index is 594. The molecule has 5 heteroatoms. The molecule has 92 valence electrons. The fourth-order valence-corrected chi connectivity index (χ4v) is 4.07. The summed E-state index contributed by atoms with van der Waals surface area (Å²) in [6.07, 6.45) is 0.281. The summed E-state index contributed by atoms with van der Waals surface area (Å²) < 4.78 is 0. The number of Topliss-reactive ketones (excluding diaryl/α,β-unsaturated/α-hetero) is 2. The van der Waals surface area contributed by atoms with E-state index in [0.29, 0.717) is 4.88 Å². The monoisotopic (exact) mass is 278 g/mol. The number of carbonyl (C=O) groups is 2. The average molecular weight is 278 g/mol. The minimum absolute atomic E-state index is 0.140. The molecule has 0 atom stereocenters. The lowest BCUT2D eigenvalue weighted by molar-refractivity contribution is -0.145. The van der Waals surface area contributed by atoms with Crippen LogP contribution in [0.3, 0.4) is 0 Å². The zero-order valence-electron chi connectivity index (χ0n) is 9.38. The van der Waals surface area contributed by atoms with Crippen molar-refractivity contribution in [3.63, 3.8) is 0 Å². The third-order valence-electron chi connectivity index (χ3n) is 3.11. The summed E-state index contributed by atoms with van der Waals surface area (Å²) in [5, 5.41) is 12.3. The van der Waals surface area contributed by atoms with E-state index in [1.54, 1.807) is 17.4 Å². The molecule has 0 unspecified atom stereocenters. The molecule has 1 fully saturated rings. The quantitative estimate of drug-likeness (QED) is 0.859. The molecule has 0 bridgehead atoms. The Kier molecular flexibility index (Phi) is 2.69. The van der Waals surface area contributed by atoms with E-state index in [0.717, 1.165) is 9.75 Å². The molecule has 1 N–H and O–H groups in total. The lowest BCUT2D eigenvalue weighted by Gasteiger charge is -2.16. The first-order valence-electron chi connectivity index (χ1n) is 5.55. The van der Waals surface area contributed by atoms with Gasteiger partial charge in [0.05, 0.1) is 4.88 Å². The van der Waals surface area contributed by atoms with Gasteiger partial charge in [0.15, 0.2) is 11.6 Å². The van der Waals surface area contributed by atoms with Gasteiger partial charge in [-0.1, -0.05) is 6.07 Å². The molecule has 0 aliphatic heterocycles. The molecular formula is C13H10O3S2. The molecule has 2 aromatic rings. The average Bonchev–Trinajstić information content (AvgIpc) is 3.05. The maximum Gasteiger partial charge on any atom is 0.216 e. The van der Waals surface area contributed by atoms with Crippen LogP contribution in [0.2, 0.25) is 0 Å². The van der Waals surface area contributed by atoms with Gasteiger partial charge in [0.1, 0.15) is 0 Å². The van der Waals surface area contributed by atoms with Crippen LogP contribution >= 0.6 is 22.7 Å². The van der Waals surface area contributed by atoms with E-state index in [9.17, 15) is 14.7 Å². The van der Waals surface area contributed by atoms with Crippen molar-refractivity contribution < 1.29 is 14.7 Å². The number of aliphatic hydroxyl groups is 1. The summed E-state index contributed by atoms with van der Waals surface area (Å²) >= 11 is 2.90. The van der Waals surface area contributed by atoms with Crippen molar-refractivity contribution in [3.05, 3.63) is 34.5 Å². The van der Waals surface area contributed by atoms with Crippen molar-refractivity contribution >= 4 is 34.2 Å². The van der Waals surface area contributed by atoms with Crippen molar-refractivity contribution in [1.29, 1.82) is 0 Å². The lowest BCUT2D eigenvalue weighted by atomic mass is 9.98. The van der Waals surface area contributed by atoms with E-state index >= 15 is 0 Å². The van der Waals surface area contributed by atoms with Gasteiger partial charge in [0.25, 0.3) is 0 Å². The largest absolute Gasteiger partial charge is 0.370 e. The predicted octanol–water partition coefficient (Wildman–Crippen LogP) is 2.60. The summed E-state index contributed by atoms with van der Waals surface area (Å²) in [7, 11) is 0. The first-order chi connectivity index (χ1) is 8.62. The van der Waals surface area contributed by atoms with Gasteiger partial charge < -0.3 is 5.11 Å². The van der Waals surface area contributed by atoms with Gasteiger partial charge in [0.2, 0.25) is 5.60 Å². The van der Waals surface area contributed by atoms with Gasteiger partial charge in [-0.2, -0.15) is 0 Å². The van der Waals surface area contributed by atoms with E-state index in [1.165, 1.54) is 11.3 Å². The molecule has 1 aliphatic rings. The summed E-state index contributed by atoms with van der Waals surface area (Å²) in [6, 6.07) is 7.45. The number of rotatable bonds is 2. The molecular weight excluding hydrogens is 268 g/mol. The van der Waals surface area contributed by atoms with Gasteiger partial charge in [0, 0.05) is 22.6 Å². The molecule has 0 aromatic carbocycles. The van der Waals surface area contributed by atoms with Crippen LogP contribution in [-0.2, 0) is 15.2 Å². The minimum atomic E-state index is -1.89. The molecule has 2 heterocycles. The van der Waals surface area contributed by atoms with Crippen LogP contribution in [0.15, 0.2) is 29.6 Å². The van der Waals surface area contributed by atoms with Crippen LogP contribution in [0.1, 0.15) is 17.7 Å².